The van der Waals surface area contributed by atoms with Gasteiger partial charge in [0.15, 0.2) is 18.0 Å². The molecule has 4 atom stereocenters. The van der Waals surface area contributed by atoms with Crippen LogP contribution in [0.3, 0.4) is 0 Å². The maximum atomic E-state index is 15.2. The molecule has 1 saturated heterocycles. The van der Waals surface area contributed by atoms with Crippen molar-refractivity contribution in [2.75, 3.05) is 5.73 Å². The van der Waals surface area contributed by atoms with E-state index in [4.69, 9.17) is 19.9 Å². The maximum absolute atomic E-state index is 15.2. The molecule has 1 aromatic carbocycles. The molecule has 0 saturated carbocycles. The van der Waals surface area contributed by atoms with Crippen molar-refractivity contribution >= 4 is 29.1 Å². The number of halogens is 4. The summed E-state index contributed by atoms with van der Waals surface area (Å²) in [5, 5.41) is 0. The summed E-state index contributed by atoms with van der Waals surface area (Å²) in [7, 11) is 0. The van der Waals surface area contributed by atoms with Gasteiger partial charge in [-0.2, -0.15) is 18.2 Å². The maximum Gasteiger partial charge on any atom is 0.416 e. The number of hydrogen-bond acceptors (Lipinski definition) is 9. The largest absolute Gasteiger partial charge is 0.454 e. The molecular formula is C22H21F4N5O6. The Bertz CT molecular complexity index is 1390. The number of esters is 2. The van der Waals surface area contributed by atoms with Crippen LogP contribution in [0.25, 0.3) is 11.2 Å². The highest BCUT2D eigenvalue weighted by Gasteiger charge is 2.52. The second-order valence-electron chi connectivity index (χ2n) is 8.13. The third kappa shape index (κ3) is 5.12. The third-order valence-corrected chi connectivity index (χ3v) is 5.57. The van der Waals surface area contributed by atoms with Crippen molar-refractivity contribution in [2.24, 2.45) is 0 Å². The number of fused-ring (bicyclic) bond motifs is 1. The van der Waals surface area contributed by atoms with E-state index in [9.17, 15) is 27.6 Å². The third-order valence-electron chi connectivity index (χ3n) is 5.57. The first-order valence-corrected chi connectivity index (χ1v) is 11.0. The van der Waals surface area contributed by atoms with Gasteiger partial charge in [0, 0.05) is 13.3 Å². The van der Waals surface area contributed by atoms with Crippen LogP contribution in [0.15, 0.2) is 35.3 Å². The lowest BCUT2D eigenvalue weighted by atomic mass is 10.1. The fourth-order valence-corrected chi connectivity index (χ4v) is 3.87. The van der Waals surface area contributed by atoms with Gasteiger partial charge in [-0.05, 0) is 17.7 Å². The normalized spacial score (nSPS) is 21.8. The lowest BCUT2D eigenvalue weighted by molar-refractivity contribution is -0.188. The highest BCUT2D eigenvalue weighted by Crippen LogP contribution is 2.36. The Morgan fingerprint density at radius 1 is 1.19 bits per heavy atom. The summed E-state index contributed by atoms with van der Waals surface area (Å²) in [5.41, 5.74) is 4.28. The molecule has 0 radical (unpaired) electrons. The smallest absolute Gasteiger partial charge is 0.416 e. The van der Waals surface area contributed by atoms with E-state index < -0.39 is 54.2 Å². The molecule has 2 aromatic heterocycles. The Morgan fingerprint density at radius 2 is 1.86 bits per heavy atom. The summed E-state index contributed by atoms with van der Waals surface area (Å²) >= 11 is 0. The molecule has 4 rings (SSSR count). The molecule has 11 nitrogen and oxygen atoms in total. The molecule has 1 aliphatic heterocycles. The zero-order valence-corrected chi connectivity index (χ0v) is 19.4. The van der Waals surface area contributed by atoms with E-state index in [1.165, 1.54) is 25.3 Å². The number of carbonyl (C=O) groups is 2. The van der Waals surface area contributed by atoms with Gasteiger partial charge < -0.3 is 19.9 Å². The molecule has 37 heavy (non-hydrogen) atoms. The number of ether oxygens (including phenoxy) is 3. The molecule has 0 amide bonds. The summed E-state index contributed by atoms with van der Waals surface area (Å²) in [5.74, 6) is -1.93. The number of imidazole rings is 1. The van der Waals surface area contributed by atoms with E-state index in [1.807, 2.05) is 0 Å². The lowest BCUT2D eigenvalue weighted by Crippen LogP contribution is -2.37. The summed E-state index contributed by atoms with van der Waals surface area (Å²) in [4.78, 5) is 44.9. The average Bonchev–Trinajstić information content (AvgIpc) is 3.26. The van der Waals surface area contributed by atoms with Crippen molar-refractivity contribution in [3.8, 4) is 0 Å². The molecule has 0 bridgehead atoms. The average molecular weight is 527 g/mol. The summed E-state index contributed by atoms with van der Waals surface area (Å²) in [6.07, 6.45) is -10.7. The molecule has 0 aliphatic carbocycles. The number of anilines is 1. The first-order valence-electron chi connectivity index (χ1n) is 11.0. The van der Waals surface area contributed by atoms with E-state index in [0.717, 1.165) is 28.2 Å². The Balaban J connectivity index is 1.80. The molecule has 1 aliphatic rings. The van der Waals surface area contributed by atoms with Gasteiger partial charge in [0.2, 0.25) is 18.4 Å². The van der Waals surface area contributed by atoms with Gasteiger partial charge in [-0.1, -0.05) is 19.1 Å². The minimum Gasteiger partial charge on any atom is -0.454 e. The minimum atomic E-state index is -4.54. The van der Waals surface area contributed by atoms with Crippen LogP contribution in [0.2, 0.25) is 0 Å². The molecule has 3 aromatic rings. The summed E-state index contributed by atoms with van der Waals surface area (Å²) < 4.78 is 71.5. The van der Waals surface area contributed by atoms with Gasteiger partial charge in [-0.15, -0.1) is 0 Å². The monoisotopic (exact) mass is 527 g/mol. The standard InChI is InChI=1S/C22H21F4N5O6/c1-3-14(33)36-19-15(23)16(35-10(2)32)18(37-19)31-17-13(8-28-20(27)29-17)30(21(31)34)9-11-4-6-12(7-5-11)22(24,25)26/h4-8,15-16,18-19H,3,9H2,1-2H3,(H2,27,28,29)/t15-,16-,18-,19+/m1/s1. The number of nitrogens with two attached hydrogens (primary N) is 1. The number of nitrogen functional groups attached to an aromatic ring is 1. The number of rotatable bonds is 6. The number of alkyl halides is 4. The zero-order chi connectivity index (χ0) is 27.1. The van der Waals surface area contributed by atoms with E-state index in [2.05, 4.69) is 9.97 Å². The van der Waals surface area contributed by atoms with Gasteiger partial charge in [0.1, 0.15) is 5.52 Å². The van der Waals surface area contributed by atoms with E-state index in [-0.39, 0.29) is 30.1 Å². The van der Waals surface area contributed by atoms with Crippen molar-refractivity contribution in [2.45, 2.75) is 57.8 Å². The first kappa shape index (κ1) is 26.1. The van der Waals surface area contributed by atoms with Gasteiger partial charge in [-0.25, -0.2) is 18.7 Å². The van der Waals surface area contributed by atoms with Crippen molar-refractivity contribution < 1.29 is 41.4 Å². The van der Waals surface area contributed by atoms with Crippen LogP contribution >= 0.6 is 0 Å². The molecule has 0 spiro atoms. The van der Waals surface area contributed by atoms with Crippen LogP contribution in [0.4, 0.5) is 23.5 Å². The van der Waals surface area contributed by atoms with Crippen molar-refractivity contribution in [1.82, 2.24) is 19.1 Å². The van der Waals surface area contributed by atoms with Crippen molar-refractivity contribution in [3.05, 3.63) is 52.1 Å². The Hall–Kier alpha value is -4.01. The van der Waals surface area contributed by atoms with Crippen LogP contribution in [-0.4, -0.2) is 49.6 Å². The highest BCUT2D eigenvalue weighted by molar-refractivity contribution is 5.72. The fourth-order valence-electron chi connectivity index (χ4n) is 3.87. The molecule has 2 N–H and O–H groups in total. The molecule has 3 heterocycles. The first-order chi connectivity index (χ1) is 17.4. The number of carbonyl (C=O) groups excluding carboxylic acids is 2. The van der Waals surface area contributed by atoms with Crippen molar-refractivity contribution in [3.63, 3.8) is 0 Å². The molecule has 198 valence electrons. The van der Waals surface area contributed by atoms with Gasteiger partial charge in [0.25, 0.3) is 0 Å². The topological polar surface area (TPSA) is 141 Å². The Kier molecular flexibility index (Phi) is 6.90. The Labute approximate surface area is 205 Å². The predicted octanol–water partition coefficient (Wildman–Crippen LogP) is 2.32. The van der Waals surface area contributed by atoms with Crippen molar-refractivity contribution in [1.29, 1.82) is 0 Å². The van der Waals surface area contributed by atoms with E-state index in [1.54, 1.807) is 0 Å². The number of benzene rings is 1. The van der Waals surface area contributed by atoms with E-state index in [0.29, 0.717) is 5.56 Å². The number of nitrogens with zero attached hydrogens (tertiary/aromatic N) is 4. The zero-order valence-electron chi connectivity index (χ0n) is 19.4. The Morgan fingerprint density at radius 3 is 2.46 bits per heavy atom. The molecule has 1 fully saturated rings. The predicted molar refractivity (Wildman–Crippen MR) is 117 cm³/mol. The van der Waals surface area contributed by atoms with Crippen LogP contribution in [-0.2, 0) is 36.5 Å². The quantitative estimate of drug-likeness (QED) is 0.378. The molecule has 15 heteroatoms. The summed E-state index contributed by atoms with van der Waals surface area (Å²) in [6.45, 7) is 2.28. The lowest BCUT2D eigenvalue weighted by Gasteiger charge is -2.19. The van der Waals surface area contributed by atoms with E-state index >= 15 is 4.39 Å². The second kappa shape index (κ2) is 9.80. The second-order valence-corrected chi connectivity index (χ2v) is 8.13. The SMILES string of the molecule is CCC(=O)O[C@H]1O[C@@H](n2c(=O)n(Cc3ccc(C(F)(F)F)cc3)c3cnc(N)nc32)[C@H](OC(C)=O)[C@H]1F. The summed E-state index contributed by atoms with van der Waals surface area (Å²) in [6, 6.07) is 4.13. The van der Waals surface area contributed by atoms with Crippen LogP contribution in [0, 0.1) is 0 Å². The highest BCUT2D eigenvalue weighted by atomic mass is 19.4. The fraction of sp³-hybridized carbons (Fsp3) is 0.409. The van der Waals surface area contributed by atoms with Crippen LogP contribution < -0.4 is 11.4 Å². The van der Waals surface area contributed by atoms with Gasteiger partial charge >= 0.3 is 23.8 Å². The number of hydrogen-bond donors (Lipinski definition) is 1. The van der Waals surface area contributed by atoms with Crippen LogP contribution in [0.5, 0.6) is 0 Å². The molecular weight excluding hydrogens is 506 g/mol. The van der Waals surface area contributed by atoms with Gasteiger partial charge in [-0.3, -0.25) is 14.2 Å². The van der Waals surface area contributed by atoms with Gasteiger partial charge in [0.05, 0.1) is 18.3 Å². The van der Waals surface area contributed by atoms with Crippen LogP contribution in [0.1, 0.15) is 37.6 Å². The number of aromatic nitrogens is 4. The minimum absolute atomic E-state index is 0.0914. The molecule has 0 unspecified atom stereocenters.